The molecule has 0 spiro atoms. The number of aryl methyl sites for hydroxylation is 1. The lowest BCUT2D eigenvalue weighted by Crippen LogP contribution is -2.39. The van der Waals surface area contributed by atoms with Gasteiger partial charge >= 0.3 is 10.3 Å². The van der Waals surface area contributed by atoms with E-state index < -0.39 is 10.3 Å². The summed E-state index contributed by atoms with van der Waals surface area (Å²) < 4.78 is 60.7. The van der Waals surface area contributed by atoms with E-state index in [1.165, 1.54) is 18.2 Å². The summed E-state index contributed by atoms with van der Waals surface area (Å²) in [4.78, 5) is 22.8. The Morgan fingerprint density at radius 3 is 2.43 bits per heavy atom. The fourth-order valence-corrected chi connectivity index (χ4v) is 7.00. The number of amides is 1. The summed E-state index contributed by atoms with van der Waals surface area (Å²) in [5, 5.41) is 5.13. The summed E-state index contributed by atoms with van der Waals surface area (Å²) in [7, 11) is -3.08. The average molecular weight is 778 g/mol. The zero-order valence-electron chi connectivity index (χ0n) is 30.1. The van der Waals surface area contributed by atoms with Gasteiger partial charge in [-0.2, -0.15) is 13.5 Å². The molecule has 2 saturated heterocycles. The fraction of sp³-hybridized carbons (Fsp3) is 0.571. The summed E-state index contributed by atoms with van der Waals surface area (Å²) in [6.45, 7) is 7.44. The van der Waals surface area contributed by atoms with Crippen LogP contribution in [0.4, 0.5) is 11.5 Å². The van der Waals surface area contributed by atoms with E-state index in [2.05, 4.69) is 19.7 Å². The summed E-state index contributed by atoms with van der Waals surface area (Å²) in [5.41, 5.74) is 8.90. The second kappa shape index (κ2) is 19.7. The predicted octanol–water partition coefficient (Wildman–Crippen LogP) is 2.59. The number of rotatable bonds is 20. The van der Waals surface area contributed by atoms with Crippen molar-refractivity contribution in [1.82, 2.24) is 19.5 Å². The van der Waals surface area contributed by atoms with E-state index in [4.69, 9.17) is 57.5 Å². The molecule has 0 unspecified atom stereocenters. The number of nitrogens with two attached hydrogens (primary N) is 1. The first kappa shape index (κ1) is 40.6. The van der Waals surface area contributed by atoms with Crippen LogP contribution in [0.1, 0.15) is 46.9 Å². The summed E-state index contributed by atoms with van der Waals surface area (Å²) in [5.74, 6) is 2.82. The molecule has 2 aliphatic heterocycles. The van der Waals surface area contributed by atoms with Crippen molar-refractivity contribution >= 4 is 45.0 Å². The molecule has 3 N–H and O–H groups in total. The second-order valence-electron chi connectivity index (χ2n) is 12.6. The van der Waals surface area contributed by atoms with E-state index in [0.29, 0.717) is 95.3 Å². The van der Waals surface area contributed by atoms with Gasteiger partial charge in [0.1, 0.15) is 12.4 Å². The van der Waals surface area contributed by atoms with Crippen molar-refractivity contribution in [3.8, 4) is 12.3 Å². The Labute approximate surface area is 315 Å². The maximum absolute atomic E-state index is 14.0. The number of nitrogens with one attached hydrogen (secondary N) is 1. The lowest BCUT2D eigenvalue weighted by Gasteiger charge is -2.35. The third-order valence-electron chi connectivity index (χ3n) is 8.87. The SMILES string of the molecule is C#CCOCCOCCOCCOCCO[C@@H]1CN(c2nc3cc([C@@H]4CCCCN4C(=O)c4cc(Cl)ccc4NS(=O)(=O)OC)nn3cc2C)C[C@H]1N. The minimum Gasteiger partial charge on any atom is -0.377 e. The molecule has 3 atom stereocenters. The van der Waals surface area contributed by atoms with E-state index in [0.717, 1.165) is 31.3 Å². The van der Waals surface area contributed by atoms with Gasteiger partial charge in [-0.05, 0) is 44.4 Å². The van der Waals surface area contributed by atoms with Gasteiger partial charge < -0.3 is 39.2 Å². The van der Waals surface area contributed by atoms with Gasteiger partial charge in [-0.25, -0.2) is 9.50 Å². The zero-order valence-corrected chi connectivity index (χ0v) is 31.6. The lowest BCUT2D eigenvalue weighted by atomic mass is 9.98. The number of benzene rings is 1. The van der Waals surface area contributed by atoms with Crippen LogP contribution in [0.2, 0.25) is 5.02 Å². The molecule has 16 nitrogen and oxygen atoms in total. The first-order valence-corrected chi connectivity index (χ1v) is 19.3. The van der Waals surface area contributed by atoms with E-state index in [1.807, 2.05) is 19.2 Å². The normalized spacial score (nSPS) is 19.2. The number of terminal acetylenes is 1. The predicted molar refractivity (Wildman–Crippen MR) is 198 cm³/mol. The van der Waals surface area contributed by atoms with Gasteiger partial charge in [0, 0.05) is 42.5 Å². The van der Waals surface area contributed by atoms with E-state index in [-0.39, 0.29) is 42.0 Å². The number of carbonyl (C=O) groups excluding carboxylic acids is 1. The van der Waals surface area contributed by atoms with Crippen molar-refractivity contribution < 1.29 is 41.1 Å². The highest BCUT2D eigenvalue weighted by Crippen LogP contribution is 2.34. The number of halogens is 1. The number of carbonyl (C=O) groups is 1. The average Bonchev–Trinajstić information content (AvgIpc) is 3.73. The molecule has 3 aromatic rings. The highest BCUT2D eigenvalue weighted by atomic mass is 35.5. The molecular formula is C35H48ClN7O9S. The molecule has 0 saturated carbocycles. The second-order valence-corrected chi connectivity index (χ2v) is 14.5. The molecule has 2 fully saturated rings. The van der Waals surface area contributed by atoms with Crippen LogP contribution in [-0.2, 0) is 38.2 Å². The Kier molecular flexibility index (Phi) is 15.1. The van der Waals surface area contributed by atoms with Crippen molar-refractivity contribution in [3.05, 3.63) is 52.3 Å². The third kappa shape index (κ3) is 11.2. The standard InChI is InChI=1S/C35H48ClN7O9S/c1-4-11-48-12-13-49-14-15-50-16-17-51-18-19-52-32-24-41(23-28(32)37)34-25(2)22-43-33(38-34)21-30(39-43)31-7-5-6-10-42(31)35(44)27-20-26(36)8-9-29(27)40-53(45,46)47-3/h1,8-9,20-22,28,31-32,40H,5-7,10-19,23-24,37H2,2-3H3/t28-,31+,32-/m1/s1. The molecule has 1 aromatic carbocycles. The van der Waals surface area contributed by atoms with Crippen molar-refractivity contribution in [2.45, 2.75) is 44.4 Å². The maximum Gasteiger partial charge on any atom is 0.359 e. The van der Waals surface area contributed by atoms with Gasteiger partial charge in [0.2, 0.25) is 0 Å². The maximum atomic E-state index is 14.0. The Morgan fingerprint density at radius 2 is 1.74 bits per heavy atom. The monoisotopic (exact) mass is 777 g/mol. The third-order valence-corrected chi connectivity index (χ3v) is 10.0. The molecule has 2 aliphatic rings. The Morgan fingerprint density at radius 1 is 1.04 bits per heavy atom. The van der Waals surface area contributed by atoms with Crippen molar-refractivity contribution in [2.75, 3.05) is 95.8 Å². The number of fused-ring (bicyclic) bond motifs is 1. The molecule has 2 aromatic heterocycles. The smallest absolute Gasteiger partial charge is 0.359 e. The number of piperidine rings is 1. The van der Waals surface area contributed by atoms with Gasteiger partial charge in [-0.3, -0.25) is 13.7 Å². The number of likely N-dealkylation sites (tertiary alicyclic amines) is 1. The number of aromatic nitrogens is 3. The van der Waals surface area contributed by atoms with Crippen LogP contribution in [0.3, 0.4) is 0 Å². The van der Waals surface area contributed by atoms with Crippen LogP contribution in [0.5, 0.6) is 0 Å². The van der Waals surface area contributed by atoms with E-state index in [1.54, 1.807) is 9.42 Å². The van der Waals surface area contributed by atoms with E-state index >= 15 is 0 Å². The van der Waals surface area contributed by atoms with Gasteiger partial charge in [0.05, 0.1) is 95.1 Å². The Bertz CT molecular complexity index is 1820. The molecular weight excluding hydrogens is 730 g/mol. The van der Waals surface area contributed by atoms with Crippen molar-refractivity contribution in [1.29, 1.82) is 0 Å². The summed E-state index contributed by atoms with van der Waals surface area (Å²) in [6, 6.07) is 5.72. The fourth-order valence-electron chi connectivity index (χ4n) is 6.30. The highest BCUT2D eigenvalue weighted by molar-refractivity contribution is 7.88. The first-order chi connectivity index (χ1) is 25.6. The molecule has 0 bridgehead atoms. The topological polar surface area (TPSA) is 181 Å². The van der Waals surface area contributed by atoms with Gasteiger partial charge in [-0.1, -0.05) is 17.5 Å². The van der Waals surface area contributed by atoms with E-state index in [9.17, 15) is 13.2 Å². The van der Waals surface area contributed by atoms with Crippen LogP contribution in [-0.4, -0.2) is 132 Å². The number of hydrogen-bond acceptors (Lipinski definition) is 13. The molecule has 53 heavy (non-hydrogen) atoms. The van der Waals surface area contributed by atoms with Gasteiger partial charge in [0.25, 0.3) is 5.91 Å². The van der Waals surface area contributed by atoms with Crippen molar-refractivity contribution in [3.63, 3.8) is 0 Å². The molecule has 0 aliphatic carbocycles. The van der Waals surface area contributed by atoms with Crippen LogP contribution in [0, 0.1) is 19.3 Å². The molecule has 18 heteroatoms. The number of ether oxygens (including phenoxy) is 5. The number of anilines is 2. The van der Waals surface area contributed by atoms with Gasteiger partial charge in [0.15, 0.2) is 5.65 Å². The van der Waals surface area contributed by atoms with Crippen LogP contribution in [0.25, 0.3) is 5.65 Å². The minimum atomic E-state index is -4.12. The highest BCUT2D eigenvalue weighted by Gasteiger charge is 2.34. The number of nitrogens with zero attached hydrogens (tertiary/aromatic N) is 5. The molecule has 1 amide bonds. The van der Waals surface area contributed by atoms with Gasteiger partial charge in [-0.15, -0.1) is 6.42 Å². The summed E-state index contributed by atoms with van der Waals surface area (Å²) >= 11 is 6.25. The van der Waals surface area contributed by atoms with Crippen LogP contribution < -0.4 is 15.4 Å². The van der Waals surface area contributed by atoms with Crippen LogP contribution in [0.15, 0.2) is 30.5 Å². The number of hydrogen-bond donors (Lipinski definition) is 2. The van der Waals surface area contributed by atoms with Crippen LogP contribution >= 0.6 is 11.6 Å². The largest absolute Gasteiger partial charge is 0.377 e. The first-order valence-electron chi connectivity index (χ1n) is 17.5. The quantitative estimate of drug-likeness (QED) is 0.126. The molecule has 5 rings (SSSR count). The molecule has 290 valence electrons. The minimum absolute atomic E-state index is 0.0730. The molecule has 0 radical (unpaired) electrons. The Hall–Kier alpha value is -3.57. The summed E-state index contributed by atoms with van der Waals surface area (Å²) in [6.07, 6.45) is 9.21. The van der Waals surface area contributed by atoms with Crippen molar-refractivity contribution in [2.24, 2.45) is 5.73 Å². The zero-order chi connectivity index (χ0) is 37.8. The lowest BCUT2D eigenvalue weighted by molar-refractivity contribution is -0.0204. The Balaban J connectivity index is 1.14. The molecule has 4 heterocycles.